The van der Waals surface area contributed by atoms with Gasteiger partial charge >= 0.3 is 0 Å². The Morgan fingerprint density at radius 1 is 1.23 bits per heavy atom. The summed E-state index contributed by atoms with van der Waals surface area (Å²) in [6.45, 7) is 4.90. The normalized spacial score (nSPS) is 16.8. The van der Waals surface area contributed by atoms with Crippen LogP contribution in [0.4, 0.5) is 16.9 Å². The van der Waals surface area contributed by atoms with Gasteiger partial charge in [0, 0.05) is 25.0 Å². The number of aryl methyl sites for hydroxylation is 2. The highest BCUT2D eigenvalue weighted by Crippen LogP contribution is 2.34. The maximum absolute atomic E-state index is 4.67. The summed E-state index contributed by atoms with van der Waals surface area (Å²) < 4.78 is 0. The van der Waals surface area contributed by atoms with Gasteiger partial charge in [0.15, 0.2) is 0 Å². The first kappa shape index (κ1) is 16.8. The molecular weight excluding hydrogens is 348 g/mol. The molecule has 0 aromatic carbocycles. The molecule has 0 saturated carbocycles. The maximum atomic E-state index is 4.67. The average molecular weight is 368 g/mol. The van der Waals surface area contributed by atoms with Crippen molar-refractivity contribution in [3.63, 3.8) is 0 Å². The molecule has 4 rings (SSSR count). The van der Waals surface area contributed by atoms with Crippen LogP contribution in [0.15, 0.2) is 24.5 Å². The standard InChI is InChI=1S/C17H20N8S/c1-3-15-23-24-17(26-15)22-14-10-12(20-11(2)21-14)13-6-4-9-25(13)16-18-7-5-8-19-16/h5,7-8,10,13H,3-4,6,9H2,1-2H3,(H,20,21,22,24)/t13-/m1/s1. The van der Waals surface area contributed by atoms with Gasteiger partial charge in [-0.3, -0.25) is 0 Å². The first-order valence-electron chi connectivity index (χ1n) is 8.71. The number of nitrogens with one attached hydrogen (secondary N) is 1. The van der Waals surface area contributed by atoms with Crippen LogP contribution in [0.2, 0.25) is 0 Å². The first-order valence-corrected chi connectivity index (χ1v) is 9.53. The van der Waals surface area contributed by atoms with Crippen molar-refractivity contribution in [3.05, 3.63) is 41.1 Å². The summed E-state index contributed by atoms with van der Waals surface area (Å²) in [5, 5.41) is 13.3. The molecule has 26 heavy (non-hydrogen) atoms. The van der Waals surface area contributed by atoms with E-state index in [1.807, 2.05) is 19.1 Å². The van der Waals surface area contributed by atoms with Crippen LogP contribution < -0.4 is 10.2 Å². The van der Waals surface area contributed by atoms with Crippen molar-refractivity contribution in [2.75, 3.05) is 16.8 Å². The molecule has 1 aliphatic heterocycles. The van der Waals surface area contributed by atoms with Crippen molar-refractivity contribution in [2.24, 2.45) is 0 Å². The van der Waals surface area contributed by atoms with E-state index in [0.29, 0.717) is 0 Å². The molecule has 0 bridgehead atoms. The number of hydrogen-bond acceptors (Lipinski definition) is 9. The van der Waals surface area contributed by atoms with Crippen molar-refractivity contribution in [3.8, 4) is 0 Å². The zero-order valence-electron chi connectivity index (χ0n) is 14.8. The molecule has 0 unspecified atom stereocenters. The molecule has 0 spiro atoms. The van der Waals surface area contributed by atoms with Gasteiger partial charge in [0.2, 0.25) is 11.1 Å². The second kappa shape index (κ2) is 7.28. The van der Waals surface area contributed by atoms with E-state index in [1.54, 1.807) is 23.7 Å². The zero-order chi connectivity index (χ0) is 17.9. The van der Waals surface area contributed by atoms with Gasteiger partial charge < -0.3 is 10.2 Å². The van der Waals surface area contributed by atoms with Crippen LogP contribution in [-0.4, -0.2) is 36.7 Å². The van der Waals surface area contributed by atoms with E-state index in [9.17, 15) is 0 Å². The fourth-order valence-electron chi connectivity index (χ4n) is 3.14. The highest BCUT2D eigenvalue weighted by Gasteiger charge is 2.29. The Bertz CT molecular complexity index is 881. The smallest absolute Gasteiger partial charge is 0.225 e. The summed E-state index contributed by atoms with van der Waals surface area (Å²) in [7, 11) is 0. The Balaban J connectivity index is 1.61. The molecule has 1 atom stereocenters. The van der Waals surface area contributed by atoms with Gasteiger partial charge in [0.25, 0.3) is 0 Å². The van der Waals surface area contributed by atoms with Crippen molar-refractivity contribution in [1.29, 1.82) is 0 Å². The molecule has 9 heteroatoms. The number of aromatic nitrogens is 6. The SMILES string of the molecule is CCc1nnc(Nc2cc([C@H]3CCCN3c3ncccn3)nc(C)n2)s1. The van der Waals surface area contributed by atoms with Gasteiger partial charge in [-0.05, 0) is 32.3 Å². The van der Waals surface area contributed by atoms with Crippen LogP contribution in [0.3, 0.4) is 0 Å². The van der Waals surface area contributed by atoms with Crippen LogP contribution in [0.25, 0.3) is 0 Å². The molecule has 134 valence electrons. The second-order valence-corrected chi connectivity index (χ2v) is 7.17. The third kappa shape index (κ3) is 3.48. The average Bonchev–Trinajstić information content (AvgIpc) is 3.31. The van der Waals surface area contributed by atoms with E-state index in [4.69, 9.17) is 0 Å². The van der Waals surface area contributed by atoms with E-state index in [0.717, 1.165) is 59.2 Å². The fraction of sp³-hybridized carbons (Fsp3) is 0.412. The predicted octanol–water partition coefficient (Wildman–Crippen LogP) is 3.07. The van der Waals surface area contributed by atoms with Crippen LogP contribution in [0.1, 0.15) is 42.3 Å². The third-order valence-electron chi connectivity index (χ3n) is 4.27. The molecule has 3 aromatic rings. The molecule has 1 saturated heterocycles. The molecule has 1 N–H and O–H groups in total. The highest BCUT2D eigenvalue weighted by molar-refractivity contribution is 7.15. The lowest BCUT2D eigenvalue weighted by atomic mass is 10.1. The number of anilines is 3. The molecular formula is C17H20N8S. The highest BCUT2D eigenvalue weighted by atomic mass is 32.1. The Morgan fingerprint density at radius 2 is 2.08 bits per heavy atom. The van der Waals surface area contributed by atoms with Crippen molar-refractivity contribution in [1.82, 2.24) is 30.1 Å². The van der Waals surface area contributed by atoms with Gasteiger partial charge in [-0.15, -0.1) is 10.2 Å². The monoisotopic (exact) mass is 368 g/mol. The molecule has 1 fully saturated rings. The van der Waals surface area contributed by atoms with Crippen molar-refractivity contribution < 1.29 is 0 Å². The largest absolute Gasteiger partial charge is 0.332 e. The van der Waals surface area contributed by atoms with E-state index < -0.39 is 0 Å². The van der Waals surface area contributed by atoms with Crippen molar-refractivity contribution >= 4 is 28.2 Å². The van der Waals surface area contributed by atoms with Crippen LogP contribution in [0, 0.1) is 6.92 Å². The minimum atomic E-state index is 0.153. The Morgan fingerprint density at radius 3 is 2.85 bits per heavy atom. The van der Waals surface area contributed by atoms with Gasteiger partial charge in [0.05, 0.1) is 11.7 Å². The summed E-state index contributed by atoms with van der Waals surface area (Å²) in [5.41, 5.74) is 0.977. The summed E-state index contributed by atoms with van der Waals surface area (Å²) in [5.74, 6) is 2.22. The molecule has 4 heterocycles. The predicted molar refractivity (Wildman–Crippen MR) is 101 cm³/mol. The minimum absolute atomic E-state index is 0.153. The lowest BCUT2D eigenvalue weighted by Gasteiger charge is -2.24. The Labute approximate surface area is 155 Å². The van der Waals surface area contributed by atoms with E-state index in [1.165, 1.54) is 0 Å². The summed E-state index contributed by atoms with van der Waals surface area (Å²) in [6.07, 6.45) is 6.53. The van der Waals surface area contributed by atoms with E-state index in [2.05, 4.69) is 47.3 Å². The van der Waals surface area contributed by atoms with Crippen LogP contribution in [0.5, 0.6) is 0 Å². The number of nitrogens with zero attached hydrogens (tertiary/aromatic N) is 7. The Hall–Kier alpha value is -2.68. The van der Waals surface area contributed by atoms with Crippen molar-refractivity contribution in [2.45, 2.75) is 39.2 Å². The summed E-state index contributed by atoms with van der Waals surface area (Å²) in [4.78, 5) is 20.2. The van der Waals surface area contributed by atoms with Gasteiger partial charge in [-0.25, -0.2) is 19.9 Å². The molecule has 1 aliphatic rings. The molecule has 0 aliphatic carbocycles. The minimum Gasteiger partial charge on any atom is -0.332 e. The maximum Gasteiger partial charge on any atom is 0.225 e. The van der Waals surface area contributed by atoms with Gasteiger partial charge in [0.1, 0.15) is 16.6 Å². The molecule has 0 amide bonds. The lowest BCUT2D eigenvalue weighted by molar-refractivity contribution is 0.673. The summed E-state index contributed by atoms with van der Waals surface area (Å²) in [6, 6.07) is 3.98. The van der Waals surface area contributed by atoms with Gasteiger partial charge in [-0.2, -0.15) is 0 Å². The van der Waals surface area contributed by atoms with Crippen LogP contribution in [-0.2, 0) is 6.42 Å². The second-order valence-electron chi connectivity index (χ2n) is 6.10. The van der Waals surface area contributed by atoms with Crippen LogP contribution >= 0.6 is 11.3 Å². The zero-order valence-corrected chi connectivity index (χ0v) is 15.6. The Kier molecular flexibility index (Phi) is 4.70. The number of rotatable bonds is 5. The fourth-order valence-corrected chi connectivity index (χ4v) is 3.82. The van der Waals surface area contributed by atoms with Gasteiger partial charge in [-0.1, -0.05) is 18.3 Å². The molecule has 3 aromatic heterocycles. The van der Waals surface area contributed by atoms with E-state index in [-0.39, 0.29) is 6.04 Å². The number of hydrogen-bond donors (Lipinski definition) is 1. The lowest BCUT2D eigenvalue weighted by Crippen LogP contribution is -2.25. The summed E-state index contributed by atoms with van der Waals surface area (Å²) >= 11 is 1.54. The third-order valence-corrected chi connectivity index (χ3v) is 5.25. The topological polar surface area (TPSA) is 92.6 Å². The van der Waals surface area contributed by atoms with E-state index >= 15 is 0 Å². The quantitative estimate of drug-likeness (QED) is 0.734. The molecule has 0 radical (unpaired) electrons. The first-order chi connectivity index (χ1) is 12.7. The molecule has 8 nitrogen and oxygen atoms in total.